The van der Waals surface area contributed by atoms with Gasteiger partial charge in [-0.3, -0.25) is 4.98 Å². The van der Waals surface area contributed by atoms with Gasteiger partial charge in [-0.2, -0.15) is 0 Å². The Labute approximate surface area is 113 Å². The molecule has 1 aromatic heterocycles. The largest absolute Gasteiger partial charge is 0.382 e. The predicted octanol–water partition coefficient (Wildman–Crippen LogP) is 4.36. The minimum Gasteiger partial charge on any atom is -0.382 e. The molecular weight excluding hydrogens is 244 g/mol. The molecule has 2 aromatic rings. The number of halogens is 1. The molecule has 18 heavy (non-hydrogen) atoms. The van der Waals surface area contributed by atoms with Gasteiger partial charge >= 0.3 is 0 Å². The summed E-state index contributed by atoms with van der Waals surface area (Å²) in [5, 5.41) is 4.88. The maximum absolute atomic E-state index is 6.04. The van der Waals surface area contributed by atoms with Crippen molar-refractivity contribution in [3.63, 3.8) is 0 Å². The van der Waals surface area contributed by atoms with Gasteiger partial charge < -0.3 is 5.32 Å². The van der Waals surface area contributed by atoms with Gasteiger partial charge in [0.2, 0.25) is 0 Å². The summed E-state index contributed by atoms with van der Waals surface area (Å²) in [5.41, 5.74) is 3.20. The Morgan fingerprint density at radius 2 is 2.00 bits per heavy atom. The molecule has 1 N–H and O–H groups in total. The number of pyridine rings is 1. The molecule has 0 aliphatic rings. The van der Waals surface area contributed by atoms with Crippen LogP contribution in [-0.2, 0) is 0 Å². The number of fused-ring (bicyclic) bond motifs is 1. The number of benzene rings is 1. The molecule has 0 aliphatic heterocycles. The molecule has 0 radical (unpaired) electrons. The minimum absolute atomic E-state index is 0.182. The van der Waals surface area contributed by atoms with Gasteiger partial charge in [0, 0.05) is 28.2 Å². The first-order valence-electron chi connectivity index (χ1n) is 6.33. The summed E-state index contributed by atoms with van der Waals surface area (Å²) in [5.74, 6) is 0. The van der Waals surface area contributed by atoms with E-state index in [2.05, 4.69) is 29.4 Å². The van der Waals surface area contributed by atoms with Crippen LogP contribution >= 0.6 is 11.6 Å². The smallest absolute Gasteiger partial charge is 0.0725 e. The second-order valence-corrected chi connectivity index (χ2v) is 5.64. The Morgan fingerprint density at radius 3 is 2.72 bits per heavy atom. The number of anilines is 1. The number of aryl methyl sites for hydroxylation is 1. The summed E-state index contributed by atoms with van der Waals surface area (Å²) in [6, 6.07) is 10.6. The van der Waals surface area contributed by atoms with Gasteiger partial charge in [0.1, 0.15) is 0 Å². The standard InChI is InChI=1S/C15H19ClN2/c1-10(16)8-11(2)18-15-9-12(3)17-14-7-5-4-6-13(14)15/h4-7,9-11H,8H2,1-3H3,(H,17,18). The van der Waals surface area contributed by atoms with E-state index in [-0.39, 0.29) is 5.38 Å². The van der Waals surface area contributed by atoms with Crippen LogP contribution in [0.2, 0.25) is 0 Å². The molecule has 0 amide bonds. The Hall–Kier alpha value is -1.28. The molecule has 0 fully saturated rings. The molecule has 3 heteroatoms. The van der Waals surface area contributed by atoms with Crippen LogP contribution in [0.5, 0.6) is 0 Å². The summed E-state index contributed by atoms with van der Waals surface area (Å²) in [6.07, 6.45) is 0.942. The van der Waals surface area contributed by atoms with Gasteiger partial charge in [-0.25, -0.2) is 0 Å². The number of nitrogens with one attached hydrogen (secondary N) is 1. The van der Waals surface area contributed by atoms with Crippen LogP contribution in [0, 0.1) is 6.92 Å². The zero-order valence-corrected chi connectivity index (χ0v) is 11.8. The summed E-state index contributed by atoms with van der Waals surface area (Å²) in [6.45, 7) is 6.20. The van der Waals surface area contributed by atoms with Crippen molar-refractivity contribution < 1.29 is 0 Å². The third-order valence-electron chi connectivity index (χ3n) is 2.92. The van der Waals surface area contributed by atoms with Gasteiger partial charge in [-0.1, -0.05) is 18.2 Å². The number of para-hydroxylation sites is 1. The third-order valence-corrected chi connectivity index (χ3v) is 3.10. The SMILES string of the molecule is Cc1cc(NC(C)CC(C)Cl)c2ccccc2n1. The molecule has 0 bridgehead atoms. The number of hydrogen-bond donors (Lipinski definition) is 1. The molecule has 2 atom stereocenters. The Balaban J connectivity index is 2.32. The van der Waals surface area contributed by atoms with Gasteiger partial charge in [0.15, 0.2) is 0 Å². The van der Waals surface area contributed by atoms with Crippen LogP contribution in [0.25, 0.3) is 10.9 Å². The normalized spacial score (nSPS) is 14.4. The van der Waals surface area contributed by atoms with E-state index >= 15 is 0 Å². The van der Waals surface area contributed by atoms with E-state index in [9.17, 15) is 0 Å². The predicted molar refractivity (Wildman–Crippen MR) is 79.5 cm³/mol. The molecular formula is C15H19ClN2. The van der Waals surface area contributed by atoms with E-state index in [0.717, 1.165) is 28.7 Å². The summed E-state index contributed by atoms with van der Waals surface area (Å²) in [4.78, 5) is 4.54. The lowest BCUT2D eigenvalue weighted by molar-refractivity contribution is 0.697. The molecule has 2 rings (SSSR count). The van der Waals surface area contributed by atoms with Crippen LogP contribution in [0.4, 0.5) is 5.69 Å². The average molecular weight is 263 g/mol. The lowest BCUT2D eigenvalue weighted by Gasteiger charge is -2.18. The summed E-state index contributed by atoms with van der Waals surface area (Å²) >= 11 is 6.04. The second-order valence-electron chi connectivity index (χ2n) is 4.89. The first-order valence-corrected chi connectivity index (χ1v) is 6.77. The zero-order chi connectivity index (χ0) is 13.1. The van der Waals surface area contributed by atoms with E-state index in [4.69, 9.17) is 11.6 Å². The van der Waals surface area contributed by atoms with Crippen molar-refractivity contribution in [2.45, 2.75) is 38.6 Å². The number of alkyl halides is 1. The van der Waals surface area contributed by atoms with Gasteiger partial charge in [-0.05, 0) is 39.3 Å². The van der Waals surface area contributed by atoms with Gasteiger partial charge in [-0.15, -0.1) is 11.6 Å². The molecule has 1 heterocycles. The van der Waals surface area contributed by atoms with Crippen LogP contribution in [0.15, 0.2) is 30.3 Å². The van der Waals surface area contributed by atoms with Crippen LogP contribution in [-0.4, -0.2) is 16.4 Å². The first-order chi connectivity index (χ1) is 8.56. The fourth-order valence-electron chi connectivity index (χ4n) is 2.24. The third kappa shape index (κ3) is 3.14. The van der Waals surface area contributed by atoms with E-state index in [1.54, 1.807) is 0 Å². The van der Waals surface area contributed by atoms with Crippen molar-refractivity contribution in [2.24, 2.45) is 0 Å². The van der Waals surface area contributed by atoms with E-state index < -0.39 is 0 Å². The number of hydrogen-bond acceptors (Lipinski definition) is 2. The summed E-state index contributed by atoms with van der Waals surface area (Å²) in [7, 11) is 0. The lowest BCUT2D eigenvalue weighted by Crippen LogP contribution is -2.18. The molecule has 0 spiro atoms. The highest BCUT2D eigenvalue weighted by atomic mass is 35.5. The highest BCUT2D eigenvalue weighted by Gasteiger charge is 2.09. The van der Waals surface area contributed by atoms with Crippen molar-refractivity contribution in [3.8, 4) is 0 Å². The maximum Gasteiger partial charge on any atom is 0.0725 e. The minimum atomic E-state index is 0.182. The molecule has 2 nitrogen and oxygen atoms in total. The Morgan fingerprint density at radius 1 is 1.28 bits per heavy atom. The van der Waals surface area contributed by atoms with E-state index in [0.29, 0.717) is 6.04 Å². The number of nitrogens with zero attached hydrogens (tertiary/aromatic N) is 1. The van der Waals surface area contributed by atoms with Crippen molar-refractivity contribution in [2.75, 3.05) is 5.32 Å². The average Bonchev–Trinajstić information content (AvgIpc) is 2.27. The number of aromatic nitrogens is 1. The maximum atomic E-state index is 6.04. The van der Waals surface area contributed by atoms with E-state index in [1.807, 2.05) is 32.0 Å². The highest BCUT2D eigenvalue weighted by molar-refractivity contribution is 6.20. The fourth-order valence-corrected chi connectivity index (χ4v) is 2.51. The Kier molecular flexibility index (Phi) is 4.07. The molecule has 0 saturated heterocycles. The van der Waals surface area contributed by atoms with E-state index in [1.165, 1.54) is 0 Å². The molecule has 96 valence electrons. The highest BCUT2D eigenvalue weighted by Crippen LogP contribution is 2.24. The monoisotopic (exact) mass is 262 g/mol. The fraction of sp³-hybridized carbons (Fsp3) is 0.400. The van der Waals surface area contributed by atoms with Crippen molar-refractivity contribution in [3.05, 3.63) is 36.0 Å². The van der Waals surface area contributed by atoms with Crippen LogP contribution in [0.3, 0.4) is 0 Å². The van der Waals surface area contributed by atoms with Crippen molar-refractivity contribution in [1.82, 2.24) is 4.98 Å². The van der Waals surface area contributed by atoms with Crippen LogP contribution in [0.1, 0.15) is 26.0 Å². The van der Waals surface area contributed by atoms with Gasteiger partial charge in [0.25, 0.3) is 0 Å². The second kappa shape index (κ2) is 5.57. The lowest BCUT2D eigenvalue weighted by atomic mass is 10.1. The Bertz CT molecular complexity index is 537. The van der Waals surface area contributed by atoms with Gasteiger partial charge in [0.05, 0.1) is 5.52 Å². The summed E-state index contributed by atoms with van der Waals surface area (Å²) < 4.78 is 0. The van der Waals surface area contributed by atoms with Crippen molar-refractivity contribution in [1.29, 1.82) is 0 Å². The number of rotatable bonds is 4. The molecule has 1 aromatic carbocycles. The van der Waals surface area contributed by atoms with Crippen LogP contribution < -0.4 is 5.32 Å². The molecule has 0 aliphatic carbocycles. The quantitative estimate of drug-likeness (QED) is 0.828. The zero-order valence-electron chi connectivity index (χ0n) is 11.1. The first kappa shape index (κ1) is 13.2. The molecule has 2 unspecified atom stereocenters. The van der Waals surface area contributed by atoms with Crippen molar-refractivity contribution >= 4 is 28.2 Å². The molecule has 0 saturated carbocycles. The topological polar surface area (TPSA) is 24.9 Å².